The van der Waals surface area contributed by atoms with Gasteiger partial charge in [0.25, 0.3) is 0 Å². The quantitative estimate of drug-likeness (QED) is 0.124. The lowest BCUT2D eigenvalue weighted by atomic mass is 9.96. The van der Waals surface area contributed by atoms with Crippen LogP contribution in [-0.2, 0) is 6.42 Å². The van der Waals surface area contributed by atoms with Gasteiger partial charge in [-0.25, -0.2) is 0 Å². The first-order valence-electron chi connectivity index (χ1n) is 18.1. The molecule has 254 valence electrons. The van der Waals surface area contributed by atoms with Crippen LogP contribution in [0.3, 0.4) is 0 Å². The molecule has 3 heteroatoms. The molecule has 0 aliphatic rings. The van der Waals surface area contributed by atoms with E-state index in [4.69, 9.17) is 5.73 Å². The molecular weight excluding hydrogens is 661 g/mol. The molecule has 0 saturated heterocycles. The van der Waals surface area contributed by atoms with Crippen molar-refractivity contribution in [2.45, 2.75) is 13.3 Å². The van der Waals surface area contributed by atoms with Crippen LogP contribution >= 0.6 is 11.3 Å². The van der Waals surface area contributed by atoms with Gasteiger partial charge in [0, 0.05) is 42.5 Å². The van der Waals surface area contributed by atoms with Crippen LogP contribution in [0, 0.1) is 0 Å². The molecule has 9 aromatic rings. The third-order valence-corrected chi connectivity index (χ3v) is 11.5. The lowest BCUT2D eigenvalue weighted by molar-refractivity contribution is 1.15. The van der Waals surface area contributed by atoms with Gasteiger partial charge in [0.2, 0.25) is 0 Å². The fourth-order valence-corrected chi connectivity index (χ4v) is 9.21. The molecule has 53 heavy (non-hydrogen) atoms. The average molecular weight is 699 g/mol. The third kappa shape index (κ3) is 5.67. The summed E-state index contributed by atoms with van der Waals surface area (Å²) in [6.45, 7) is 6.24. The van der Waals surface area contributed by atoms with Crippen molar-refractivity contribution < 1.29 is 0 Å². The normalized spacial score (nSPS) is 12.6. The zero-order valence-electron chi connectivity index (χ0n) is 29.6. The van der Waals surface area contributed by atoms with Gasteiger partial charge in [-0.3, -0.25) is 0 Å². The summed E-state index contributed by atoms with van der Waals surface area (Å²) in [5, 5.41) is 8.92. The lowest BCUT2D eigenvalue weighted by Crippen LogP contribution is -1.97. The number of fused-ring (bicyclic) bond motifs is 9. The number of allylic oxidation sites excluding steroid dienone is 4. The van der Waals surface area contributed by atoms with Gasteiger partial charge in [-0.1, -0.05) is 146 Å². The Hall–Kier alpha value is -6.42. The molecule has 0 saturated carbocycles. The topological polar surface area (TPSA) is 30.9 Å². The average Bonchev–Trinajstić information content (AvgIpc) is 3.75. The summed E-state index contributed by atoms with van der Waals surface area (Å²) in [4.78, 5) is 1.25. The monoisotopic (exact) mass is 698 g/mol. The first kappa shape index (κ1) is 32.5. The number of benzene rings is 7. The van der Waals surface area contributed by atoms with Gasteiger partial charge >= 0.3 is 0 Å². The molecule has 0 radical (unpaired) electrons. The SMILES string of the molecule is C=Cc1c(/C=C\C)sc2c1ccc1ccc3c(ccc4c3c3ccccc3n4-c3cccc(C/C=C(\C=C(/N)c4ccccc4)c4ccccc4)c3)c12. The minimum Gasteiger partial charge on any atom is -0.398 e. The van der Waals surface area contributed by atoms with Crippen LogP contribution in [0.4, 0.5) is 0 Å². The van der Waals surface area contributed by atoms with E-state index in [0.717, 1.165) is 34.5 Å². The number of nitrogens with two attached hydrogens (primary N) is 1. The van der Waals surface area contributed by atoms with Crippen molar-refractivity contribution in [1.29, 1.82) is 0 Å². The van der Waals surface area contributed by atoms with Crippen molar-refractivity contribution in [3.63, 3.8) is 0 Å². The highest BCUT2D eigenvalue weighted by atomic mass is 32.1. The molecule has 0 unspecified atom stereocenters. The minimum absolute atomic E-state index is 0.749. The summed E-state index contributed by atoms with van der Waals surface area (Å²) in [5.74, 6) is 0. The molecule has 0 fully saturated rings. The smallest absolute Gasteiger partial charge is 0.0547 e. The summed E-state index contributed by atoms with van der Waals surface area (Å²) in [7, 11) is 0. The van der Waals surface area contributed by atoms with Crippen LogP contribution in [-0.4, -0.2) is 4.57 Å². The number of aromatic nitrogens is 1. The largest absolute Gasteiger partial charge is 0.398 e. The number of nitrogens with zero attached hydrogens (tertiary/aromatic N) is 1. The van der Waals surface area contributed by atoms with Crippen LogP contribution < -0.4 is 5.73 Å². The second-order valence-electron chi connectivity index (χ2n) is 13.5. The van der Waals surface area contributed by atoms with Crippen molar-refractivity contribution in [2.24, 2.45) is 5.73 Å². The number of rotatable bonds is 8. The number of para-hydroxylation sites is 1. The van der Waals surface area contributed by atoms with E-state index in [0.29, 0.717) is 0 Å². The van der Waals surface area contributed by atoms with Crippen LogP contribution in [0.15, 0.2) is 170 Å². The Labute approximate surface area is 313 Å². The molecule has 7 aromatic carbocycles. The third-order valence-electron chi connectivity index (χ3n) is 10.3. The summed E-state index contributed by atoms with van der Waals surface area (Å²) >= 11 is 1.86. The second kappa shape index (κ2) is 13.6. The van der Waals surface area contributed by atoms with Crippen molar-refractivity contribution in [3.05, 3.63) is 198 Å². The molecule has 0 bridgehead atoms. The first-order chi connectivity index (χ1) is 26.1. The van der Waals surface area contributed by atoms with Gasteiger partial charge in [0.05, 0.1) is 11.0 Å². The van der Waals surface area contributed by atoms with Gasteiger partial charge in [0.1, 0.15) is 0 Å². The maximum atomic E-state index is 6.63. The van der Waals surface area contributed by atoms with Crippen LogP contribution in [0.5, 0.6) is 0 Å². The molecule has 2 N–H and O–H groups in total. The van der Waals surface area contributed by atoms with Gasteiger partial charge in [-0.2, -0.15) is 0 Å². The van der Waals surface area contributed by atoms with Gasteiger partial charge in [-0.15, -0.1) is 11.3 Å². The van der Waals surface area contributed by atoms with Crippen molar-refractivity contribution >= 4 is 88.2 Å². The highest BCUT2D eigenvalue weighted by Crippen LogP contribution is 2.44. The van der Waals surface area contributed by atoms with Crippen LogP contribution in [0.1, 0.15) is 34.1 Å². The Morgan fingerprint density at radius 3 is 2.15 bits per heavy atom. The Bertz CT molecular complexity index is 2940. The predicted molar refractivity (Wildman–Crippen MR) is 233 cm³/mol. The Morgan fingerprint density at radius 1 is 0.679 bits per heavy atom. The molecule has 0 aliphatic heterocycles. The number of hydrogen-bond acceptors (Lipinski definition) is 2. The highest BCUT2D eigenvalue weighted by molar-refractivity contribution is 7.21. The Balaban J connectivity index is 1.19. The number of thiophene rings is 1. The summed E-state index contributed by atoms with van der Waals surface area (Å²) in [5.41, 5.74) is 16.6. The van der Waals surface area contributed by atoms with Gasteiger partial charge in [-0.05, 0) is 93.7 Å². The number of hydrogen-bond donors (Lipinski definition) is 1. The summed E-state index contributed by atoms with van der Waals surface area (Å²) in [6, 6.07) is 52.2. The molecule has 2 nitrogen and oxygen atoms in total. The summed E-state index contributed by atoms with van der Waals surface area (Å²) < 4.78 is 3.74. The van der Waals surface area contributed by atoms with E-state index < -0.39 is 0 Å². The van der Waals surface area contributed by atoms with E-state index >= 15 is 0 Å². The zero-order valence-corrected chi connectivity index (χ0v) is 30.4. The van der Waals surface area contributed by atoms with Gasteiger partial charge in [0.15, 0.2) is 0 Å². The summed E-state index contributed by atoms with van der Waals surface area (Å²) in [6.07, 6.45) is 11.5. The fourth-order valence-electron chi connectivity index (χ4n) is 7.87. The van der Waals surface area contributed by atoms with E-state index in [1.165, 1.54) is 69.4 Å². The molecule has 0 aliphatic carbocycles. The maximum Gasteiger partial charge on any atom is 0.0547 e. The van der Waals surface area contributed by atoms with Gasteiger partial charge < -0.3 is 10.3 Å². The van der Waals surface area contributed by atoms with Crippen molar-refractivity contribution in [3.8, 4) is 5.69 Å². The van der Waals surface area contributed by atoms with E-state index in [1.807, 2.05) is 35.6 Å². The fraction of sp³-hybridized carbons (Fsp3) is 0.0400. The minimum atomic E-state index is 0.749. The van der Waals surface area contributed by atoms with E-state index in [-0.39, 0.29) is 0 Å². The Morgan fingerprint density at radius 2 is 1.38 bits per heavy atom. The van der Waals surface area contributed by atoms with Crippen molar-refractivity contribution in [1.82, 2.24) is 4.57 Å². The Kier molecular flexibility index (Phi) is 8.34. The van der Waals surface area contributed by atoms with Crippen LogP contribution in [0.25, 0.3) is 82.5 Å². The second-order valence-corrected chi connectivity index (χ2v) is 14.5. The molecule has 9 rings (SSSR count). The molecule has 0 amide bonds. The lowest BCUT2D eigenvalue weighted by Gasteiger charge is -2.11. The zero-order chi connectivity index (χ0) is 35.9. The first-order valence-corrected chi connectivity index (χ1v) is 18.9. The molecule has 0 atom stereocenters. The predicted octanol–water partition coefficient (Wildman–Crippen LogP) is 13.6. The molecular formula is C50H38N2S. The van der Waals surface area contributed by atoms with E-state index in [2.05, 4.69) is 170 Å². The standard InChI is InChI=1S/C50H38N2S/c1-3-14-47-39(4-2)42-28-26-36-25-27-41-40(48(36)50(42)53-47)29-30-46-49(41)43-21-11-12-22-45(43)52(46)38-20-13-15-33(31-38)23-24-37(34-16-7-5-8-17-34)32-44(51)35-18-9-6-10-19-35/h3-22,24-32H,2,23,51H2,1H3/b14-3-,37-24+,44-32-. The molecule has 0 spiro atoms. The van der Waals surface area contributed by atoms with E-state index in [9.17, 15) is 0 Å². The molecule has 2 heterocycles. The molecule has 2 aromatic heterocycles. The van der Waals surface area contributed by atoms with Crippen molar-refractivity contribution in [2.75, 3.05) is 0 Å². The van der Waals surface area contributed by atoms with E-state index in [1.54, 1.807) is 0 Å². The van der Waals surface area contributed by atoms with Crippen LogP contribution in [0.2, 0.25) is 0 Å². The highest BCUT2D eigenvalue weighted by Gasteiger charge is 2.18. The maximum absolute atomic E-state index is 6.63.